The van der Waals surface area contributed by atoms with Crippen LogP contribution in [0.25, 0.3) is 11.5 Å². The first-order chi connectivity index (χ1) is 12.5. The lowest BCUT2D eigenvalue weighted by atomic mass is 10.1. The van der Waals surface area contributed by atoms with Crippen LogP contribution in [0.3, 0.4) is 0 Å². The van der Waals surface area contributed by atoms with Crippen molar-refractivity contribution in [3.05, 3.63) is 54.0 Å². The fourth-order valence-corrected chi connectivity index (χ4v) is 3.28. The maximum Gasteiger partial charge on any atom is 0.257 e. The van der Waals surface area contributed by atoms with Crippen molar-refractivity contribution in [1.29, 1.82) is 0 Å². The smallest absolute Gasteiger partial charge is 0.257 e. The lowest BCUT2D eigenvalue weighted by Gasteiger charge is -2.09. The minimum Gasteiger partial charge on any atom is -0.369 e. The van der Waals surface area contributed by atoms with Crippen molar-refractivity contribution < 1.29 is 12.9 Å². The minimum atomic E-state index is -3.31. The van der Waals surface area contributed by atoms with Crippen molar-refractivity contribution in [2.24, 2.45) is 0 Å². The van der Waals surface area contributed by atoms with Gasteiger partial charge >= 0.3 is 0 Å². The van der Waals surface area contributed by atoms with Crippen LogP contribution in [-0.2, 0) is 22.7 Å². The molecule has 0 fully saturated rings. The largest absolute Gasteiger partial charge is 0.369 e. The summed E-state index contributed by atoms with van der Waals surface area (Å²) in [6, 6.07) is 11.0. The summed E-state index contributed by atoms with van der Waals surface area (Å²) in [7, 11) is -3.31. The van der Waals surface area contributed by atoms with Gasteiger partial charge in [0.25, 0.3) is 5.89 Å². The van der Waals surface area contributed by atoms with Gasteiger partial charge in [0.1, 0.15) is 10.7 Å². The van der Waals surface area contributed by atoms with Crippen LogP contribution in [-0.4, -0.2) is 36.3 Å². The molecule has 3 rings (SSSR count). The van der Waals surface area contributed by atoms with Crippen LogP contribution in [0.5, 0.6) is 0 Å². The number of hydrogen-bond acceptors (Lipinski definition) is 7. The minimum absolute atomic E-state index is 0.207. The highest BCUT2D eigenvalue weighted by Crippen LogP contribution is 2.19. The third-order valence-corrected chi connectivity index (χ3v) is 4.99. The molecule has 1 N–H and O–H groups in total. The standard InChI is InChI=1S/C18H20N4O3S/c1-3-16-21-18(25-22-16)14-8-6-13(7-9-14)10-12-20-17-15(26(2,23)24)5-4-11-19-17/h4-9,11H,3,10,12H2,1-2H3,(H,19,20). The molecule has 2 aromatic heterocycles. The number of anilines is 1. The molecule has 3 aromatic rings. The Kier molecular flexibility index (Phi) is 5.32. The second-order valence-electron chi connectivity index (χ2n) is 5.87. The number of pyridine rings is 1. The van der Waals surface area contributed by atoms with Crippen LogP contribution in [0, 0.1) is 0 Å². The number of aromatic nitrogens is 3. The average Bonchev–Trinajstić information content (AvgIpc) is 3.11. The van der Waals surface area contributed by atoms with E-state index in [1.165, 1.54) is 6.26 Å². The maximum atomic E-state index is 11.8. The highest BCUT2D eigenvalue weighted by atomic mass is 32.2. The predicted octanol–water partition coefficient (Wildman–Crippen LogP) is 2.75. The Hall–Kier alpha value is -2.74. The Balaban J connectivity index is 1.63. The number of nitrogens with one attached hydrogen (secondary N) is 1. The van der Waals surface area contributed by atoms with Crippen molar-refractivity contribution in [2.75, 3.05) is 18.1 Å². The third-order valence-electron chi connectivity index (χ3n) is 3.86. The molecule has 136 valence electrons. The lowest BCUT2D eigenvalue weighted by molar-refractivity contribution is 0.423. The van der Waals surface area contributed by atoms with E-state index in [4.69, 9.17) is 4.52 Å². The first kappa shape index (κ1) is 18.1. The highest BCUT2D eigenvalue weighted by Gasteiger charge is 2.13. The third kappa shape index (κ3) is 4.26. The Morgan fingerprint density at radius 3 is 2.58 bits per heavy atom. The van der Waals surface area contributed by atoms with Gasteiger partial charge in [-0.2, -0.15) is 4.98 Å². The van der Waals surface area contributed by atoms with Crippen molar-refractivity contribution in [2.45, 2.75) is 24.7 Å². The van der Waals surface area contributed by atoms with Gasteiger partial charge in [-0.25, -0.2) is 13.4 Å². The number of hydrogen-bond donors (Lipinski definition) is 1. The first-order valence-corrected chi connectivity index (χ1v) is 10.2. The predicted molar refractivity (Wildman–Crippen MR) is 98.7 cm³/mol. The van der Waals surface area contributed by atoms with Crippen LogP contribution in [0.15, 0.2) is 52.0 Å². The van der Waals surface area contributed by atoms with E-state index in [0.717, 1.165) is 24.0 Å². The number of sulfone groups is 1. The van der Waals surface area contributed by atoms with E-state index in [9.17, 15) is 8.42 Å². The van der Waals surface area contributed by atoms with Gasteiger partial charge in [0.15, 0.2) is 15.7 Å². The van der Waals surface area contributed by atoms with Gasteiger partial charge in [-0.15, -0.1) is 0 Å². The van der Waals surface area contributed by atoms with Crippen molar-refractivity contribution in [3.63, 3.8) is 0 Å². The van der Waals surface area contributed by atoms with Gasteiger partial charge in [-0.1, -0.05) is 24.2 Å². The molecule has 0 aliphatic heterocycles. The monoisotopic (exact) mass is 372 g/mol. The molecule has 8 heteroatoms. The van der Waals surface area contributed by atoms with Gasteiger partial charge in [0, 0.05) is 31.0 Å². The summed E-state index contributed by atoms with van der Waals surface area (Å²) >= 11 is 0. The quantitative estimate of drug-likeness (QED) is 0.681. The Morgan fingerprint density at radius 1 is 1.15 bits per heavy atom. The number of aryl methyl sites for hydroxylation is 1. The van der Waals surface area contributed by atoms with E-state index in [1.54, 1.807) is 18.3 Å². The molecule has 0 saturated heterocycles. The van der Waals surface area contributed by atoms with E-state index < -0.39 is 9.84 Å². The highest BCUT2D eigenvalue weighted by molar-refractivity contribution is 7.90. The van der Waals surface area contributed by atoms with Gasteiger partial charge in [0.05, 0.1) is 0 Å². The second-order valence-corrected chi connectivity index (χ2v) is 7.85. The first-order valence-electron chi connectivity index (χ1n) is 8.28. The van der Waals surface area contributed by atoms with Gasteiger partial charge in [-0.3, -0.25) is 0 Å². The topological polar surface area (TPSA) is 98.0 Å². The van der Waals surface area contributed by atoms with Crippen LogP contribution >= 0.6 is 0 Å². The molecule has 0 saturated carbocycles. The van der Waals surface area contributed by atoms with Crippen molar-refractivity contribution >= 4 is 15.7 Å². The summed E-state index contributed by atoms with van der Waals surface area (Å²) in [5.74, 6) is 1.58. The van der Waals surface area contributed by atoms with Crippen LogP contribution in [0.2, 0.25) is 0 Å². The maximum absolute atomic E-state index is 11.8. The summed E-state index contributed by atoms with van der Waals surface area (Å²) in [5, 5.41) is 6.99. The summed E-state index contributed by atoms with van der Waals surface area (Å²) in [6.07, 6.45) is 4.20. The van der Waals surface area contributed by atoms with Gasteiger partial charge in [-0.05, 0) is 36.2 Å². The van der Waals surface area contributed by atoms with E-state index in [0.29, 0.717) is 24.1 Å². The molecule has 0 amide bonds. The molecule has 0 bridgehead atoms. The normalized spacial score (nSPS) is 11.5. The Bertz CT molecular complexity index is 982. The molecular formula is C18H20N4O3S. The summed E-state index contributed by atoms with van der Waals surface area (Å²) < 4.78 is 28.8. The lowest BCUT2D eigenvalue weighted by Crippen LogP contribution is -2.10. The molecule has 0 aliphatic rings. The van der Waals surface area contributed by atoms with Gasteiger partial charge < -0.3 is 9.84 Å². The van der Waals surface area contributed by atoms with E-state index in [2.05, 4.69) is 20.4 Å². The zero-order chi connectivity index (χ0) is 18.6. The molecule has 0 unspecified atom stereocenters. The SMILES string of the molecule is CCc1noc(-c2ccc(CCNc3ncccc3S(C)(=O)=O)cc2)n1. The number of benzene rings is 1. The molecule has 26 heavy (non-hydrogen) atoms. The summed E-state index contributed by atoms with van der Waals surface area (Å²) in [6.45, 7) is 2.54. The number of nitrogens with zero attached hydrogens (tertiary/aromatic N) is 3. The second kappa shape index (κ2) is 7.65. The van der Waals surface area contributed by atoms with E-state index in [-0.39, 0.29) is 4.90 Å². The molecular weight excluding hydrogens is 352 g/mol. The zero-order valence-electron chi connectivity index (χ0n) is 14.6. The average molecular weight is 372 g/mol. The van der Waals surface area contributed by atoms with Crippen molar-refractivity contribution in [3.8, 4) is 11.5 Å². The fourth-order valence-electron chi connectivity index (χ4n) is 2.48. The van der Waals surface area contributed by atoms with E-state index >= 15 is 0 Å². The molecule has 7 nitrogen and oxygen atoms in total. The summed E-state index contributed by atoms with van der Waals surface area (Å²) in [5.41, 5.74) is 1.98. The van der Waals surface area contributed by atoms with E-state index in [1.807, 2.05) is 31.2 Å². The summed E-state index contributed by atoms with van der Waals surface area (Å²) in [4.78, 5) is 8.64. The molecule has 0 radical (unpaired) electrons. The molecule has 0 spiro atoms. The van der Waals surface area contributed by atoms with Crippen LogP contribution < -0.4 is 5.32 Å². The molecule has 0 atom stereocenters. The Morgan fingerprint density at radius 2 is 1.92 bits per heavy atom. The Labute approximate surface area is 152 Å². The molecule has 1 aromatic carbocycles. The number of rotatable bonds is 7. The van der Waals surface area contributed by atoms with Crippen LogP contribution in [0.4, 0.5) is 5.82 Å². The van der Waals surface area contributed by atoms with Gasteiger partial charge in [0.2, 0.25) is 0 Å². The fraction of sp³-hybridized carbons (Fsp3) is 0.278. The molecule has 0 aliphatic carbocycles. The van der Waals surface area contributed by atoms with Crippen molar-refractivity contribution in [1.82, 2.24) is 15.1 Å². The zero-order valence-corrected chi connectivity index (χ0v) is 15.5. The molecule has 2 heterocycles. The van der Waals surface area contributed by atoms with Crippen LogP contribution in [0.1, 0.15) is 18.3 Å².